The standard InChI is InChI=1S/C20H19FN2O4/c1-12(2)25-17-10-6-15(7-11-17)20(24)26-13(3)18-22-23-19(27-18)14-4-8-16(21)9-5-14/h4-13H,1-3H3/t13-/m1/s1. The highest BCUT2D eigenvalue weighted by molar-refractivity contribution is 5.89. The lowest BCUT2D eigenvalue weighted by atomic mass is 10.2. The third-order valence-electron chi connectivity index (χ3n) is 3.63. The first kappa shape index (κ1) is 18.6. The van der Waals surface area contributed by atoms with Crippen LogP contribution in [0.25, 0.3) is 11.5 Å². The average Bonchev–Trinajstić information content (AvgIpc) is 3.12. The molecule has 7 heteroatoms. The molecule has 0 unspecified atom stereocenters. The molecular formula is C20H19FN2O4. The van der Waals surface area contributed by atoms with Gasteiger partial charge in [-0.2, -0.15) is 0 Å². The number of benzene rings is 2. The Morgan fingerprint density at radius 3 is 2.30 bits per heavy atom. The molecule has 27 heavy (non-hydrogen) atoms. The normalized spacial score (nSPS) is 12.0. The third-order valence-corrected chi connectivity index (χ3v) is 3.63. The van der Waals surface area contributed by atoms with Crippen LogP contribution < -0.4 is 4.74 Å². The summed E-state index contributed by atoms with van der Waals surface area (Å²) in [6.45, 7) is 5.49. The molecule has 0 saturated heterocycles. The Bertz CT molecular complexity index is 904. The van der Waals surface area contributed by atoms with E-state index in [1.807, 2.05) is 13.8 Å². The number of hydrogen-bond donors (Lipinski definition) is 0. The van der Waals surface area contributed by atoms with Gasteiger partial charge in [-0.3, -0.25) is 0 Å². The van der Waals surface area contributed by atoms with Gasteiger partial charge >= 0.3 is 5.97 Å². The maximum Gasteiger partial charge on any atom is 0.338 e. The number of ether oxygens (including phenoxy) is 2. The first-order valence-corrected chi connectivity index (χ1v) is 8.49. The number of carbonyl (C=O) groups is 1. The monoisotopic (exact) mass is 370 g/mol. The van der Waals surface area contributed by atoms with Crippen molar-refractivity contribution in [2.24, 2.45) is 0 Å². The number of rotatable bonds is 6. The number of halogens is 1. The van der Waals surface area contributed by atoms with Crippen molar-refractivity contribution in [1.82, 2.24) is 10.2 Å². The van der Waals surface area contributed by atoms with Crippen molar-refractivity contribution in [3.63, 3.8) is 0 Å². The molecule has 2 aromatic carbocycles. The summed E-state index contributed by atoms with van der Waals surface area (Å²) in [6, 6.07) is 12.3. The van der Waals surface area contributed by atoms with E-state index < -0.39 is 12.1 Å². The lowest BCUT2D eigenvalue weighted by molar-refractivity contribution is 0.0280. The SMILES string of the molecule is CC(C)Oc1ccc(C(=O)O[C@H](C)c2nnc(-c3ccc(F)cc3)o2)cc1. The summed E-state index contributed by atoms with van der Waals surface area (Å²) in [5.41, 5.74) is 0.964. The summed E-state index contributed by atoms with van der Waals surface area (Å²) in [4.78, 5) is 12.3. The quantitative estimate of drug-likeness (QED) is 0.591. The van der Waals surface area contributed by atoms with Crippen LogP contribution >= 0.6 is 0 Å². The van der Waals surface area contributed by atoms with Gasteiger partial charge in [0.2, 0.25) is 5.89 Å². The Morgan fingerprint density at radius 2 is 1.67 bits per heavy atom. The van der Waals surface area contributed by atoms with Crippen LogP contribution in [0.1, 0.15) is 43.1 Å². The van der Waals surface area contributed by atoms with Crippen LogP contribution in [0, 0.1) is 5.82 Å². The Hall–Kier alpha value is -3.22. The van der Waals surface area contributed by atoms with Crippen LogP contribution in [0.3, 0.4) is 0 Å². The smallest absolute Gasteiger partial charge is 0.338 e. The van der Waals surface area contributed by atoms with Gasteiger partial charge < -0.3 is 13.9 Å². The van der Waals surface area contributed by atoms with Crippen molar-refractivity contribution >= 4 is 5.97 Å². The van der Waals surface area contributed by atoms with Crippen molar-refractivity contribution in [1.29, 1.82) is 0 Å². The van der Waals surface area contributed by atoms with Crippen molar-refractivity contribution in [3.05, 3.63) is 65.8 Å². The van der Waals surface area contributed by atoms with E-state index in [0.717, 1.165) is 0 Å². The van der Waals surface area contributed by atoms with Crippen molar-refractivity contribution in [2.45, 2.75) is 33.0 Å². The predicted octanol–water partition coefficient (Wildman–Crippen LogP) is 4.58. The molecule has 0 radical (unpaired) electrons. The van der Waals surface area contributed by atoms with Crippen LogP contribution in [-0.4, -0.2) is 22.3 Å². The highest BCUT2D eigenvalue weighted by Gasteiger charge is 2.20. The van der Waals surface area contributed by atoms with Gasteiger partial charge in [0.25, 0.3) is 5.89 Å². The van der Waals surface area contributed by atoms with Gasteiger partial charge in [0.05, 0.1) is 11.7 Å². The lowest BCUT2D eigenvalue weighted by Crippen LogP contribution is -2.10. The molecule has 0 N–H and O–H groups in total. The number of carbonyl (C=O) groups excluding carboxylic acids is 1. The van der Waals surface area contributed by atoms with E-state index in [1.165, 1.54) is 24.3 Å². The topological polar surface area (TPSA) is 74.5 Å². The molecule has 0 spiro atoms. The van der Waals surface area contributed by atoms with Gasteiger partial charge in [0, 0.05) is 5.56 Å². The van der Waals surface area contributed by atoms with Crippen molar-refractivity contribution < 1.29 is 23.1 Å². The minimum absolute atomic E-state index is 0.0515. The molecule has 1 atom stereocenters. The molecule has 0 fully saturated rings. The highest BCUT2D eigenvalue weighted by Crippen LogP contribution is 2.23. The highest BCUT2D eigenvalue weighted by atomic mass is 19.1. The second kappa shape index (κ2) is 7.99. The van der Waals surface area contributed by atoms with Crippen LogP contribution in [-0.2, 0) is 4.74 Å². The summed E-state index contributed by atoms with van der Waals surface area (Å²) >= 11 is 0. The zero-order chi connectivity index (χ0) is 19.4. The third kappa shape index (κ3) is 4.69. The molecule has 6 nitrogen and oxygen atoms in total. The van der Waals surface area contributed by atoms with Gasteiger partial charge in [-0.15, -0.1) is 10.2 Å². The predicted molar refractivity (Wildman–Crippen MR) is 95.7 cm³/mol. The molecule has 0 bridgehead atoms. The molecule has 0 aliphatic heterocycles. The molecule has 0 amide bonds. The number of aromatic nitrogens is 2. The van der Waals surface area contributed by atoms with E-state index in [-0.39, 0.29) is 23.7 Å². The van der Waals surface area contributed by atoms with E-state index in [1.54, 1.807) is 31.2 Å². The van der Waals surface area contributed by atoms with Gasteiger partial charge in [0.1, 0.15) is 11.6 Å². The van der Waals surface area contributed by atoms with Gasteiger partial charge in [-0.1, -0.05) is 0 Å². The maximum absolute atomic E-state index is 13.0. The van der Waals surface area contributed by atoms with Crippen molar-refractivity contribution in [2.75, 3.05) is 0 Å². The first-order valence-electron chi connectivity index (χ1n) is 8.49. The minimum atomic E-state index is -0.731. The largest absolute Gasteiger partial charge is 0.491 e. The molecular weight excluding hydrogens is 351 g/mol. The van der Waals surface area contributed by atoms with Gasteiger partial charge in [-0.05, 0) is 69.3 Å². The average molecular weight is 370 g/mol. The van der Waals surface area contributed by atoms with Crippen LogP contribution in [0.15, 0.2) is 52.9 Å². The summed E-state index contributed by atoms with van der Waals surface area (Å²) in [6.07, 6.45) is -0.679. The van der Waals surface area contributed by atoms with E-state index >= 15 is 0 Å². The summed E-state index contributed by atoms with van der Waals surface area (Å²) in [5.74, 6) is 0.187. The maximum atomic E-state index is 13.0. The molecule has 1 aromatic heterocycles. The van der Waals surface area contributed by atoms with Crippen LogP contribution in [0.4, 0.5) is 4.39 Å². The summed E-state index contributed by atoms with van der Waals surface area (Å²) < 4.78 is 29.4. The summed E-state index contributed by atoms with van der Waals surface area (Å²) in [5, 5.41) is 7.81. The van der Waals surface area contributed by atoms with Crippen LogP contribution in [0.2, 0.25) is 0 Å². The molecule has 0 saturated carbocycles. The van der Waals surface area contributed by atoms with E-state index in [2.05, 4.69) is 10.2 Å². The molecule has 0 aliphatic rings. The zero-order valence-electron chi connectivity index (χ0n) is 15.2. The molecule has 140 valence electrons. The van der Waals surface area contributed by atoms with E-state index in [0.29, 0.717) is 16.9 Å². The Labute approximate surface area is 155 Å². The second-order valence-electron chi connectivity index (χ2n) is 6.19. The Morgan fingerprint density at radius 1 is 1.00 bits per heavy atom. The fourth-order valence-corrected chi connectivity index (χ4v) is 2.33. The first-order chi connectivity index (χ1) is 12.9. The fraction of sp³-hybridized carbons (Fsp3) is 0.250. The van der Waals surface area contributed by atoms with Gasteiger partial charge in [0.15, 0.2) is 6.10 Å². The molecule has 3 aromatic rings. The van der Waals surface area contributed by atoms with E-state index in [4.69, 9.17) is 13.9 Å². The zero-order valence-corrected chi connectivity index (χ0v) is 15.2. The Balaban J connectivity index is 1.65. The minimum Gasteiger partial charge on any atom is -0.491 e. The molecule has 3 rings (SSSR count). The van der Waals surface area contributed by atoms with Crippen LogP contribution in [0.5, 0.6) is 5.75 Å². The molecule has 1 heterocycles. The number of nitrogens with zero attached hydrogens (tertiary/aromatic N) is 2. The lowest BCUT2D eigenvalue weighted by Gasteiger charge is -2.11. The summed E-state index contributed by atoms with van der Waals surface area (Å²) in [7, 11) is 0. The Kier molecular flexibility index (Phi) is 5.49. The molecule has 0 aliphatic carbocycles. The fourth-order valence-electron chi connectivity index (χ4n) is 2.33. The van der Waals surface area contributed by atoms with Crippen molar-refractivity contribution in [3.8, 4) is 17.2 Å². The number of hydrogen-bond acceptors (Lipinski definition) is 6. The second-order valence-corrected chi connectivity index (χ2v) is 6.19. The van der Waals surface area contributed by atoms with E-state index in [9.17, 15) is 9.18 Å². The number of esters is 1. The van der Waals surface area contributed by atoms with Gasteiger partial charge in [-0.25, -0.2) is 9.18 Å².